The molecule has 4 rings (SSSR count). The molecule has 0 aliphatic carbocycles. The second-order valence-electron chi connectivity index (χ2n) is 9.87. The molecule has 0 bridgehead atoms. The smallest absolute Gasteiger partial charge is 0.337 e. The van der Waals surface area contributed by atoms with Crippen LogP contribution in [0.15, 0.2) is 75.4 Å². The van der Waals surface area contributed by atoms with E-state index >= 15 is 0 Å². The summed E-state index contributed by atoms with van der Waals surface area (Å²) < 4.78 is 28.4. The van der Waals surface area contributed by atoms with Gasteiger partial charge in [0.2, 0.25) is 0 Å². The predicted octanol–water partition coefficient (Wildman–Crippen LogP) is 4.64. The van der Waals surface area contributed by atoms with E-state index in [9.17, 15) is 19.6 Å². The summed E-state index contributed by atoms with van der Waals surface area (Å²) in [6.07, 6.45) is 1.44. The number of carbonyl (C=O) groups is 3. The molecule has 1 atom stereocenters. The molecule has 14 heteroatoms. The van der Waals surface area contributed by atoms with Crippen LogP contribution in [0.2, 0.25) is 0 Å². The van der Waals surface area contributed by atoms with Crippen molar-refractivity contribution in [2.24, 2.45) is 5.10 Å². The molecule has 0 saturated heterocycles. The lowest BCUT2D eigenvalue weighted by molar-refractivity contribution is -0.136. The maximum atomic E-state index is 12.5. The van der Waals surface area contributed by atoms with E-state index in [1.807, 2.05) is 19.1 Å². The van der Waals surface area contributed by atoms with Crippen molar-refractivity contribution in [2.75, 3.05) is 27.4 Å². The SMILES string of the molecule is CCOc1cc(/C=N\NC(=O)COc2ccc([C@@H]3NC(=O)NC(C)=C3C(=O)OC)cc2OC)cc(Br)c1OCc1ccccc1C#N. The monoisotopic (exact) mass is 705 g/mol. The van der Waals surface area contributed by atoms with Crippen molar-refractivity contribution in [3.63, 3.8) is 0 Å². The average Bonchev–Trinajstić information content (AvgIpc) is 3.06. The first-order valence-electron chi connectivity index (χ1n) is 14.2. The van der Waals surface area contributed by atoms with Crippen molar-refractivity contribution in [1.29, 1.82) is 5.26 Å². The van der Waals surface area contributed by atoms with Crippen molar-refractivity contribution >= 4 is 40.1 Å². The number of nitriles is 1. The van der Waals surface area contributed by atoms with Crippen LogP contribution in [-0.4, -0.2) is 51.6 Å². The predicted molar refractivity (Wildman–Crippen MR) is 174 cm³/mol. The zero-order chi connectivity index (χ0) is 33.9. The first-order valence-corrected chi connectivity index (χ1v) is 15.0. The number of nitrogens with zero attached hydrogens (tertiary/aromatic N) is 2. The molecule has 0 saturated carbocycles. The van der Waals surface area contributed by atoms with Gasteiger partial charge in [0.15, 0.2) is 29.6 Å². The van der Waals surface area contributed by atoms with Crippen molar-refractivity contribution < 1.29 is 38.1 Å². The summed E-state index contributed by atoms with van der Waals surface area (Å²) in [5, 5.41) is 18.7. The molecule has 3 aromatic rings. The molecular formula is C33H32BrN5O8. The number of hydrogen-bond donors (Lipinski definition) is 3. The minimum atomic E-state index is -0.791. The number of urea groups is 1. The van der Waals surface area contributed by atoms with Gasteiger partial charge >= 0.3 is 12.0 Å². The summed E-state index contributed by atoms with van der Waals surface area (Å²) >= 11 is 3.51. The molecule has 3 aromatic carbocycles. The van der Waals surface area contributed by atoms with Crippen LogP contribution in [0.5, 0.6) is 23.0 Å². The molecule has 1 heterocycles. The van der Waals surface area contributed by atoms with Crippen LogP contribution in [0.1, 0.15) is 42.1 Å². The van der Waals surface area contributed by atoms with Gasteiger partial charge in [0.05, 0.1) is 54.8 Å². The number of hydrogen-bond acceptors (Lipinski definition) is 10. The number of ether oxygens (including phenoxy) is 5. The number of amides is 3. The minimum Gasteiger partial charge on any atom is -0.493 e. The van der Waals surface area contributed by atoms with Gasteiger partial charge in [0.25, 0.3) is 5.91 Å². The first-order chi connectivity index (χ1) is 22.7. The Bertz CT molecular complexity index is 1770. The number of halogens is 1. The average molecular weight is 707 g/mol. The van der Waals surface area contributed by atoms with E-state index in [1.165, 1.54) is 20.4 Å². The maximum Gasteiger partial charge on any atom is 0.337 e. The first kappa shape index (κ1) is 34.3. The van der Waals surface area contributed by atoms with Crippen LogP contribution < -0.4 is 35.0 Å². The second-order valence-corrected chi connectivity index (χ2v) is 10.7. The van der Waals surface area contributed by atoms with Gasteiger partial charge in [-0.2, -0.15) is 10.4 Å². The van der Waals surface area contributed by atoms with Gasteiger partial charge in [-0.25, -0.2) is 15.0 Å². The minimum absolute atomic E-state index is 0.166. The van der Waals surface area contributed by atoms with Crippen LogP contribution in [0.25, 0.3) is 0 Å². The number of methoxy groups -OCH3 is 2. The fourth-order valence-electron chi connectivity index (χ4n) is 4.63. The number of rotatable bonds is 13. The molecule has 0 unspecified atom stereocenters. The highest BCUT2D eigenvalue weighted by atomic mass is 79.9. The molecule has 3 N–H and O–H groups in total. The number of esters is 1. The highest BCUT2D eigenvalue weighted by molar-refractivity contribution is 9.10. The van der Waals surface area contributed by atoms with Crippen LogP contribution in [-0.2, 0) is 20.9 Å². The van der Waals surface area contributed by atoms with Crippen LogP contribution >= 0.6 is 15.9 Å². The Morgan fingerprint density at radius 3 is 2.57 bits per heavy atom. The standard InChI is InChI=1S/C33H32BrN5O8/c1-5-45-27-13-20(12-24(34)31(27)47-17-23-9-7-6-8-22(23)15-35)16-36-39-28(40)18-46-25-11-10-21(14-26(25)43-3)30-29(32(41)44-4)19(2)37-33(42)38-30/h6-14,16,30H,5,17-18H2,1-4H3,(H,39,40)(H2,37,38,42)/b36-16-/t30-/m0/s1. The fourth-order valence-corrected chi connectivity index (χ4v) is 5.21. The molecule has 47 heavy (non-hydrogen) atoms. The van der Waals surface area contributed by atoms with Crippen molar-refractivity contribution in [1.82, 2.24) is 16.1 Å². The topological polar surface area (TPSA) is 170 Å². The highest BCUT2D eigenvalue weighted by Crippen LogP contribution is 2.38. The lowest BCUT2D eigenvalue weighted by Crippen LogP contribution is -2.45. The number of allylic oxidation sites excluding steroid dienone is 1. The maximum absolute atomic E-state index is 12.5. The fraction of sp³-hybridized carbons (Fsp3) is 0.242. The van der Waals surface area contributed by atoms with Crippen LogP contribution in [0.3, 0.4) is 0 Å². The van der Waals surface area contributed by atoms with Gasteiger partial charge in [-0.1, -0.05) is 24.3 Å². The number of benzene rings is 3. The Balaban J connectivity index is 1.39. The third-order valence-corrected chi connectivity index (χ3v) is 7.39. The summed E-state index contributed by atoms with van der Waals surface area (Å²) in [6, 6.07) is 16.3. The summed E-state index contributed by atoms with van der Waals surface area (Å²) in [6.45, 7) is 3.61. The summed E-state index contributed by atoms with van der Waals surface area (Å²) in [5.74, 6) is 0.320. The number of nitrogens with one attached hydrogen (secondary N) is 3. The zero-order valence-electron chi connectivity index (χ0n) is 26.0. The molecule has 0 spiro atoms. The largest absolute Gasteiger partial charge is 0.493 e. The Kier molecular flexibility index (Phi) is 11.8. The summed E-state index contributed by atoms with van der Waals surface area (Å²) in [7, 11) is 2.68. The van der Waals surface area contributed by atoms with Crippen LogP contribution in [0, 0.1) is 11.3 Å². The molecule has 0 aromatic heterocycles. The lowest BCUT2D eigenvalue weighted by Gasteiger charge is -2.28. The Labute approximate surface area is 279 Å². The molecule has 0 radical (unpaired) electrons. The van der Waals surface area contributed by atoms with E-state index < -0.39 is 23.9 Å². The molecule has 13 nitrogen and oxygen atoms in total. The summed E-state index contributed by atoms with van der Waals surface area (Å²) in [4.78, 5) is 37.1. The molecule has 1 aliphatic heterocycles. The van der Waals surface area contributed by atoms with E-state index in [-0.39, 0.29) is 30.3 Å². The van der Waals surface area contributed by atoms with Gasteiger partial charge in [0, 0.05) is 11.3 Å². The molecule has 3 amide bonds. The van der Waals surface area contributed by atoms with Crippen LogP contribution in [0.4, 0.5) is 4.79 Å². The second kappa shape index (κ2) is 16.1. The van der Waals surface area contributed by atoms with E-state index in [0.717, 1.165) is 5.56 Å². The van der Waals surface area contributed by atoms with E-state index in [0.29, 0.717) is 45.0 Å². The van der Waals surface area contributed by atoms with Gasteiger partial charge in [-0.05, 0) is 71.2 Å². The number of hydrazone groups is 1. The van der Waals surface area contributed by atoms with Gasteiger partial charge in [-0.3, -0.25) is 4.79 Å². The Hall–Kier alpha value is -5.55. The van der Waals surface area contributed by atoms with Gasteiger partial charge in [0.1, 0.15) is 6.61 Å². The van der Waals surface area contributed by atoms with Crippen molar-refractivity contribution in [2.45, 2.75) is 26.5 Å². The van der Waals surface area contributed by atoms with Gasteiger partial charge < -0.3 is 34.3 Å². The molecular weight excluding hydrogens is 674 g/mol. The van der Waals surface area contributed by atoms with Crippen molar-refractivity contribution in [3.05, 3.63) is 92.6 Å². The van der Waals surface area contributed by atoms with Crippen molar-refractivity contribution in [3.8, 4) is 29.1 Å². The van der Waals surface area contributed by atoms with E-state index in [2.05, 4.69) is 43.2 Å². The lowest BCUT2D eigenvalue weighted by atomic mass is 9.95. The van der Waals surface area contributed by atoms with Gasteiger partial charge in [-0.15, -0.1) is 0 Å². The van der Waals surface area contributed by atoms with E-state index in [4.69, 9.17) is 23.7 Å². The quantitative estimate of drug-likeness (QED) is 0.130. The Morgan fingerprint density at radius 2 is 1.85 bits per heavy atom. The van der Waals surface area contributed by atoms with E-state index in [1.54, 1.807) is 49.4 Å². The number of carbonyl (C=O) groups excluding carboxylic acids is 3. The molecule has 0 fully saturated rings. The normalized spacial score (nSPS) is 14.0. The molecule has 1 aliphatic rings. The summed E-state index contributed by atoms with van der Waals surface area (Å²) in [5.41, 5.74) is 5.44. The third kappa shape index (κ3) is 8.59. The Morgan fingerprint density at radius 1 is 1.06 bits per heavy atom. The molecule has 244 valence electrons. The highest BCUT2D eigenvalue weighted by Gasteiger charge is 2.32. The zero-order valence-corrected chi connectivity index (χ0v) is 27.6. The third-order valence-electron chi connectivity index (χ3n) is 6.80.